The number of benzene rings is 2. The van der Waals surface area contributed by atoms with Crippen LogP contribution in [0.15, 0.2) is 47.5 Å². The zero-order chi connectivity index (χ0) is 21.1. The molecule has 2 aromatic rings. The van der Waals surface area contributed by atoms with E-state index in [1.807, 2.05) is 24.3 Å². The molecule has 2 fully saturated rings. The van der Waals surface area contributed by atoms with Gasteiger partial charge in [0, 0.05) is 12.8 Å². The predicted molar refractivity (Wildman–Crippen MR) is 119 cm³/mol. The van der Waals surface area contributed by atoms with Crippen molar-refractivity contribution in [2.45, 2.75) is 39.5 Å². The maximum absolute atomic E-state index is 13.6. The van der Waals surface area contributed by atoms with Gasteiger partial charge in [-0.15, -0.1) is 0 Å². The first-order valence-corrected chi connectivity index (χ1v) is 12.4. The highest BCUT2D eigenvalue weighted by Crippen LogP contribution is 2.64. The Bertz CT molecular complexity index is 1160. The Balaban J connectivity index is 1.44. The molecule has 2 saturated carbocycles. The zero-order valence-corrected chi connectivity index (χ0v) is 18.4. The number of carbonyl (C=O) groups is 1. The van der Waals surface area contributed by atoms with Gasteiger partial charge in [-0.2, -0.15) is 0 Å². The lowest BCUT2D eigenvalue weighted by Gasteiger charge is -2.37. The Morgan fingerprint density at radius 3 is 2.63 bits per heavy atom. The second-order valence-corrected chi connectivity index (χ2v) is 11.5. The number of sulfonamides is 1. The molecule has 0 aromatic heterocycles. The van der Waals surface area contributed by atoms with Gasteiger partial charge in [-0.25, -0.2) is 8.42 Å². The highest BCUT2D eigenvalue weighted by Gasteiger charge is 2.65. The third-order valence-electron chi connectivity index (χ3n) is 8.02. The van der Waals surface area contributed by atoms with Crippen LogP contribution in [0.25, 0.3) is 10.8 Å². The monoisotopic (exact) mass is 424 g/mol. The fourth-order valence-corrected chi connectivity index (χ4v) is 8.30. The Labute approximate surface area is 178 Å². The average molecular weight is 425 g/mol. The van der Waals surface area contributed by atoms with E-state index in [4.69, 9.17) is 0 Å². The molecule has 2 aromatic carbocycles. The number of hydrogen-bond acceptors (Lipinski definition) is 4. The quantitative estimate of drug-likeness (QED) is 0.733. The fourth-order valence-electron chi connectivity index (χ4n) is 6.04. The summed E-state index contributed by atoms with van der Waals surface area (Å²) in [5, 5.41) is 2.26. The smallest absolute Gasteiger partial charge is 0.237 e. The molecule has 3 aliphatic rings. The number of rotatable bonds is 5. The van der Waals surface area contributed by atoms with Crippen molar-refractivity contribution < 1.29 is 13.2 Å². The molecule has 2 aliphatic carbocycles. The molecule has 0 N–H and O–H groups in total. The highest BCUT2D eigenvalue weighted by molar-refractivity contribution is 7.89. The third kappa shape index (κ3) is 2.76. The number of fused-ring (bicyclic) bond motifs is 3. The second kappa shape index (κ2) is 6.64. The number of Topliss-reactive ketones (excluding diaryl/α,β-unsaturated/α-hetero) is 1. The highest BCUT2D eigenvalue weighted by atomic mass is 32.2. The molecule has 2 bridgehead atoms. The van der Waals surface area contributed by atoms with Crippen LogP contribution >= 0.6 is 0 Å². The molecule has 30 heavy (non-hydrogen) atoms. The second-order valence-electron chi connectivity index (χ2n) is 9.61. The Morgan fingerprint density at radius 1 is 1.13 bits per heavy atom. The van der Waals surface area contributed by atoms with E-state index in [2.05, 4.69) is 37.0 Å². The van der Waals surface area contributed by atoms with E-state index in [0.29, 0.717) is 44.1 Å². The van der Waals surface area contributed by atoms with Crippen LogP contribution in [0, 0.1) is 16.7 Å². The number of hydrogen-bond donors (Lipinski definition) is 0. The van der Waals surface area contributed by atoms with Crippen LogP contribution in [0.4, 0.5) is 0 Å². The average Bonchev–Trinajstić information content (AvgIpc) is 3.32. The first kappa shape index (κ1) is 19.7. The number of amidine groups is 1. The van der Waals surface area contributed by atoms with Gasteiger partial charge in [-0.3, -0.25) is 14.1 Å². The summed E-state index contributed by atoms with van der Waals surface area (Å²) in [5.41, 5.74) is 0.0679. The lowest BCUT2D eigenvalue weighted by Crippen LogP contribution is -2.47. The molecule has 0 saturated heterocycles. The Kier molecular flexibility index (Phi) is 4.37. The standard InChI is InChI=1S/C24H28N2O3S/c1-23(2)19-10-11-24(23,21(27)15-19)16-30(28,29)26-13-12-25-22(26)14-18-8-5-7-17-6-3-4-9-20(17)18/h3-9,19H,10-16H2,1-2H3/t19-,24+/m0/s1. The maximum atomic E-state index is 13.6. The van der Waals surface area contributed by atoms with Gasteiger partial charge in [0.1, 0.15) is 11.6 Å². The summed E-state index contributed by atoms with van der Waals surface area (Å²) in [7, 11) is -3.63. The minimum absolute atomic E-state index is 0.0864. The van der Waals surface area contributed by atoms with Gasteiger partial charge >= 0.3 is 0 Å². The molecular weight excluding hydrogens is 396 g/mol. The van der Waals surface area contributed by atoms with E-state index in [1.165, 1.54) is 4.31 Å². The van der Waals surface area contributed by atoms with Crippen LogP contribution in [0.1, 0.15) is 38.7 Å². The Morgan fingerprint density at radius 2 is 1.90 bits per heavy atom. The first-order valence-electron chi connectivity index (χ1n) is 10.8. The molecule has 0 spiro atoms. The lowest BCUT2D eigenvalue weighted by molar-refractivity contribution is -0.128. The van der Waals surface area contributed by atoms with Crippen LogP contribution in [0.3, 0.4) is 0 Å². The van der Waals surface area contributed by atoms with Crippen LogP contribution < -0.4 is 0 Å². The summed E-state index contributed by atoms with van der Waals surface area (Å²) < 4.78 is 28.6. The molecule has 0 radical (unpaired) electrons. The van der Waals surface area contributed by atoms with E-state index in [1.54, 1.807) is 0 Å². The molecular formula is C24H28N2O3S. The van der Waals surface area contributed by atoms with Crippen LogP contribution in [0.5, 0.6) is 0 Å². The van der Waals surface area contributed by atoms with E-state index >= 15 is 0 Å². The maximum Gasteiger partial charge on any atom is 0.237 e. The van der Waals surface area contributed by atoms with E-state index in [0.717, 1.165) is 22.8 Å². The molecule has 6 heteroatoms. The summed E-state index contributed by atoms with van der Waals surface area (Å²) >= 11 is 0. The number of ketones is 1. The first-order chi connectivity index (χ1) is 14.2. The van der Waals surface area contributed by atoms with Gasteiger partial charge in [0.25, 0.3) is 0 Å². The molecule has 5 nitrogen and oxygen atoms in total. The number of carbonyl (C=O) groups excluding carboxylic acids is 1. The van der Waals surface area contributed by atoms with Crippen molar-refractivity contribution in [2.24, 2.45) is 21.7 Å². The van der Waals surface area contributed by atoms with Crippen molar-refractivity contribution in [3.63, 3.8) is 0 Å². The SMILES string of the molecule is CC1(C)[C@H]2CC[C@@]1(CS(=O)(=O)N1CCN=C1Cc1cccc3ccccc13)C(=O)C2. The Hall–Kier alpha value is -2.21. The third-order valence-corrected chi connectivity index (χ3v) is 9.94. The topological polar surface area (TPSA) is 66.8 Å². The normalized spacial score (nSPS) is 27.8. The van der Waals surface area contributed by atoms with Gasteiger partial charge in [-0.05, 0) is 40.5 Å². The molecule has 1 heterocycles. The number of aliphatic imine (C=N–C) groups is 1. The van der Waals surface area contributed by atoms with Crippen molar-refractivity contribution in [2.75, 3.05) is 18.8 Å². The number of nitrogens with zero attached hydrogens (tertiary/aromatic N) is 2. The fraction of sp³-hybridized carbons (Fsp3) is 0.500. The van der Waals surface area contributed by atoms with E-state index in [9.17, 15) is 13.2 Å². The summed E-state index contributed by atoms with van der Waals surface area (Å²) in [5.74, 6) is 0.957. The minimum atomic E-state index is -3.63. The van der Waals surface area contributed by atoms with Gasteiger partial charge in [0.05, 0.1) is 24.3 Å². The summed E-state index contributed by atoms with van der Waals surface area (Å²) in [6, 6.07) is 14.2. The molecule has 5 rings (SSSR count). The van der Waals surface area contributed by atoms with Crippen molar-refractivity contribution >= 4 is 32.4 Å². The predicted octanol–water partition coefficient (Wildman–Crippen LogP) is 3.82. The van der Waals surface area contributed by atoms with E-state index < -0.39 is 15.4 Å². The molecule has 1 aliphatic heterocycles. The summed E-state index contributed by atoms with van der Waals surface area (Å²) in [6.07, 6.45) is 2.64. The molecule has 0 unspecified atom stereocenters. The molecule has 0 amide bonds. The largest absolute Gasteiger partial charge is 0.299 e. The van der Waals surface area contributed by atoms with Crippen molar-refractivity contribution in [3.05, 3.63) is 48.0 Å². The van der Waals surface area contributed by atoms with Gasteiger partial charge in [-0.1, -0.05) is 56.3 Å². The summed E-state index contributed by atoms with van der Waals surface area (Å²) in [6.45, 7) is 5.02. The molecule has 2 atom stereocenters. The van der Waals surface area contributed by atoms with E-state index in [-0.39, 0.29) is 17.0 Å². The van der Waals surface area contributed by atoms with Crippen LogP contribution in [-0.2, 0) is 21.2 Å². The minimum Gasteiger partial charge on any atom is -0.299 e. The van der Waals surface area contributed by atoms with Crippen LogP contribution in [0.2, 0.25) is 0 Å². The van der Waals surface area contributed by atoms with Crippen molar-refractivity contribution in [1.82, 2.24) is 4.31 Å². The van der Waals surface area contributed by atoms with Gasteiger partial charge in [0.15, 0.2) is 0 Å². The van der Waals surface area contributed by atoms with Crippen molar-refractivity contribution in [3.8, 4) is 0 Å². The summed E-state index contributed by atoms with van der Waals surface area (Å²) in [4.78, 5) is 17.4. The zero-order valence-electron chi connectivity index (χ0n) is 17.6. The van der Waals surface area contributed by atoms with Gasteiger partial charge < -0.3 is 0 Å². The van der Waals surface area contributed by atoms with Crippen molar-refractivity contribution in [1.29, 1.82) is 0 Å². The van der Waals surface area contributed by atoms with Crippen LogP contribution in [-0.4, -0.2) is 43.2 Å². The van der Waals surface area contributed by atoms with Gasteiger partial charge in [0.2, 0.25) is 10.0 Å². The lowest BCUT2D eigenvalue weighted by atomic mass is 9.70. The molecule has 158 valence electrons.